The Balaban J connectivity index is 0. The Hall–Kier alpha value is -0.870. The maximum absolute atomic E-state index is 9.14. The molecule has 0 amide bonds. The summed E-state index contributed by atoms with van der Waals surface area (Å²) in [6.07, 6.45) is 0.722. The van der Waals surface area contributed by atoms with Crippen molar-refractivity contribution in [1.29, 1.82) is 0 Å². The number of hydrogen-bond donors (Lipinski definition) is 1. The summed E-state index contributed by atoms with van der Waals surface area (Å²) in [5, 5.41) is 9.14. The standard InChI is InChI=1S/C4H13N2.C3H4O2/c1-4-6(2,3)5;1-2-3(4)5/h4-5H2,1-3H3;2H,1H2,(H,4,5)/q+1;/p-1. The highest BCUT2D eigenvalue weighted by Gasteiger charge is 1.99. The maximum Gasteiger partial charge on any atom is 0.0927 e. The van der Waals surface area contributed by atoms with Gasteiger partial charge in [-0.05, 0) is 13.0 Å². The maximum atomic E-state index is 9.14. The lowest BCUT2D eigenvalue weighted by Crippen LogP contribution is -2.46. The molecule has 0 saturated heterocycles. The van der Waals surface area contributed by atoms with Gasteiger partial charge in [0.25, 0.3) is 0 Å². The van der Waals surface area contributed by atoms with Crippen molar-refractivity contribution in [2.45, 2.75) is 6.92 Å². The normalized spacial score (nSPS) is 9.45. The summed E-state index contributed by atoms with van der Waals surface area (Å²) in [6.45, 7) is 5.94. The van der Waals surface area contributed by atoms with E-state index in [1.165, 1.54) is 0 Å². The minimum atomic E-state index is -1.23. The van der Waals surface area contributed by atoms with E-state index >= 15 is 0 Å². The number of quaternary nitrogens is 1. The van der Waals surface area contributed by atoms with Gasteiger partial charge in [-0.2, -0.15) is 5.84 Å². The van der Waals surface area contributed by atoms with Crippen molar-refractivity contribution in [3.63, 3.8) is 0 Å². The fourth-order valence-corrected chi connectivity index (χ4v) is 0. The molecule has 0 saturated carbocycles. The van der Waals surface area contributed by atoms with Crippen molar-refractivity contribution >= 4 is 5.97 Å². The molecule has 0 aromatic rings. The molecule has 0 aliphatic heterocycles. The van der Waals surface area contributed by atoms with E-state index in [-0.39, 0.29) is 0 Å². The van der Waals surface area contributed by atoms with Gasteiger partial charge < -0.3 is 9.90 Å². The smallest absolute Gasteiger partial charge is 0.0927 e. The van der Waals surface area contributed by atoms with Crippen molar-refractivity contribution in [1.82, 2.24) is 0 Å². The number of carboxylic acid groups (broad SMARTS) is 1. The van der Waals surface area contributed by atoms with Gasteiger partial charge in [-0.3, -0.25) is 4.59 Å². The third-order valence-electron chi connectivity index (χ3n) is 0.982. The van der Waals surface area contributed by atoms with Crippen LogP contribution in [0.15, 0.2) is 12.7 Å². The molecule has 2 N–H and O–H groups in total. The average Bonchev–Trinajstić information content (AvgIpc) is 1.88. The van der Waals surface area contributed by atoms with E-state index < -0.39 is 5.97 Å². The van der Waals surface area contributed by atoms with Crippen LogP contribution in [0.2, 0.25) is 0 Å². The molecule has 0 aliphatic rings. The van der Waals surface area contributed by atoms with Crippen LogP contribution in [0, 0.1) is 0 Å². The van der Waals surface area contributed by atoms with Gasteiger partial charge in [0.1, 0.15) is 0 Å². The second-order valence-corrected chi connectivity index (χ2v) is 2.62. The molecule has 0 aromatic carbocycles. The number of carbonyl (C=O) groups excluding carboxylic acids is 1. The minimum absolute atomic E-state index is 0.569. The van der Waals surface area contributed by atoms with Gasteiger partial charge in [0.05, 0.1) is 26.6 Å². The lowest BCUT2D eigenvalue weighted by molar-refractivity contribution is -0.900. The highest BCUT2D eigenvalue weighted by atomic mass is 16.4. The van der Waals surface area contributed by atoms with Crippen molar-refractivity contribution < 1.29 is 14.5 Å². The Morgan fingerprint density at radius 2 is 1.91 bits per heavy atom. The topological polar surface area (TPSA) is 66.1 Å². The molecule has 66 valence electrons. The third-order valence-corrected chi connectivity index (χ3v) is 0.982. The van der Waals surface area contributed by atoms with E-state index in [0.717, 1.165) is 12.6 Å². The number of nitrogens with two attached hydrogens (primary N) is 1. The molecule has 0 aromatic heterocycles. The summed E-state index contributed by atoms with van der Waals surface area (Å²) in [7, 11) is 3.92. The second-order valence-electron chi connectivity index (χ2n) is 2.62. The molecule has 0 unspecified atom stereocenters. The Kier molecular flexibility index (Phi) is 6.83. The van der Waals surface area contributed by atoms with Crippen molar-refractivity contribution in [3.05, 3.63) is 12.7 Å². The zero-order valence-electron chi connectivity index (χ0n) is 7.33. The third kappa shape index (κ3) is 27.2. The first kappa shape index (κ1) is 12.8. The molecule has 4 nitrogen and oxygen atoms in total. The molecule has 0 fully saturated rings. The van der Waals surface area contributed by atoms with Crippen molar-refractivity contribution in [2.75, 3.05) is 20.6 Å². The van der Waals surface area contributed by atoms with Crippen LogP contribution in [0.4, 0.5) is 0 Å². The first-order chi connectivity index (χ1) is 4.83. The first-order valence-electron chi connectivity index (χ1n) is 3.28. The number of nitrogens with zero attached hydrogens (tertiary/aromatic N) is 1. The van der Waals surface area contributed by atoms with Crippen LogP contribution in [0.25, 0.3) is 0 Å². The van der Waals surface area contributed by atoms with E-state index in [0.29, 0.717) is 4.59 Å². The summed E-state index contributed by atoms with van der Waals surface area (Å²) in [5.41, 5.74) is 0. The summed E-state index contributed by atoms with van der Waals surface area (Å²) in [5.74, 6) is 4.24. The molecule has 0 heterocycles. The molecular formula is C7H16N2O2. The molecule has 4 heteroatoms. The van der Waals surface area contributed by atoms with E-state index in [4.69, 9.17) is 15.7 Å². The highest BCUT2D eigenvalue weighted by molar-refractivity contribution is 5.76. The van der Waals surface area contributed by atoms with Crippen LogP contribution in [0.5, 0.6) is 0 Å². The number of carbonyl (C=O) groups is 1. The van der Waals surface area contributed by atoms with Crippen LogP contribution in [-0.2, 0) is 4.79 Å². The van der Waals surface area contributed by atoms with Crippen molar-refractivity contribution in [3.8, 4) is 0 Å². The Labute approximate surface area is 67.5 Å². The quantitative estimate of drug-likeness (QED) is 0.241. The zero-order chi connectivity index (χ0) is 9.49. The van der Waals surface area contributed by atoms with Gasteiger partial charge in [-0.25, -0.2) is 0 Å². The van der Waals surface area contributed by atoms with Gasteiger partial charge in [0.2, 0.25) is 0 Å². The molecule has 11 heavy (non-hydrogen) atoms. The fraction of sp³-hybridized carbons (Fsp3) is 0.571. The molecule has 0 rings (SSSR count). The number of carboxylic acids is 1. The molecule has 0 radical (unpaired) electrons. The Bertz CT molecular complexity index is 127. The fourth-order valence-electron chi connectivity index (χ4n) is 0. The van der Waals surface area contributed by atoms with Crippen LogP contribution < -0.4 is 10.9 Å². The predicted octanol–water partition coefficient (Wildman–Crippen LogP) is -1.12. The average molecular weight is 160 g/mol. The largest absolute Gasteiger partial charge is 0.545 e. The minimum Gasteiger partial charge on any atom is -0.545 e. The van der Waals surface area contributed by atoms with E-state index in [9.17, 15) is 0 Å². The molecule has 0 bridgehead atoms. The van der Waals surface area contributed by atoms with E-state index in [1.54, 1.807) is 0 Å². The monoisotopic (exact) mass is 160 g/mol. The van der Waals surface area contributed by atoms with Crippen LogP contribution in [-0.4, -0.2) is 31.2 Å². The van der Waals surface area contributed by atoms with Crippen LogP contribution in [0.1, 0.15) is 6.92 Å². The lowest BCUT2D eigenvalue weighted by Gasteiger charge is -2.18. The number of aliphatic carboxylic acids is 1. The number of hydrogen-bond acceptors (Lipinski definition) is 3. The molecule has 0 spiro atoms. The highest BCUT2D eigenvalue weighted by Crippen LogP contribution is 1.77. The van der Waals surface area contributed by atoms with E-state index in [2.05, 4.69) is 13.5 Å². The van der Waals surface area contributed by atoms with Gasteiger partial charge in [0, 0.05) is 0 Å². The Morgan fingerprint density at radius 1 is 1.73 bits per heavy atom. The molecule has 0 aliphatic carbocycles. The summed E-state index contributed by atoms with van der Waals surface area (Å²) >= 11 is 0. The van der Waals surface area contributed by atoms with Gasteiger partial charge in [-0.15, -0.1) is 0 Å². The van der Waals surface area contributed by atoms with E-state index in [1.807, 2.05) is 14.1 Å². The predicted molar refractivity (Wildman–Crippen MR) is 42.0 cm³/mol. The summed E-state index contributed by atoms with van der Waals surface area (Å²) < 4.78 is 0.569. The van der Waals surface area contributed by atoms with Gasteiger partial charge in [0.15, 0.2) is 0 Å². The molecular weight excluding hydrogens is 144 g/mol. The summed E-state index contributed by atoms with van der Waals surface area (Å²) in [6, 6.07) is 0. The number of rotatable bonds is 2. The zero-order valence-corrected chi connectivity index (χ0v) is 7.33. The molecule has 0 atom stereocenters. The Morgan fingerprint density at radius 3 is 1.91 bits per heavy atom. The second kappa shape index (κ2) is 5.88. The van der Waals surface area contributed by atoms with Gasteiger partial charge in [-0.1, -0.05) is 6.58 Å². The van der Waals surface area contributed by atoms with Crippen LogP contribution in [0.3, 0.4) is 0 Å². The first-order valence-corrected chi connectivity index (χ1v) is 3.28. The van der Waals surface area contributed by atoms with Crippen molar-refractivity contribution in [2.24, 2.45) is 5.84 Å². The van der Waals surface area contributed by atoms with Gasteiger partial charge >= 0.3 is 0 Å². The summed E-state index contributed by atoms with van der Waals surface area (Å²) in [4.78, 5) is 9.14. The lowest BCUT2D eigenvalue weighted by atomic mass is 10.6. The SMILES string of the molecule is C=CC(=O)[O-].CC[N+](C)(C)N. The van der Waals surface area contributed by atoms with Crippen LogP contribution >= 0.6 is 0 Å².